The summed E-state index contributed by atoms with van der Waals surface area (Å²) in [5.41, 5.74) is 1.48. The summed E-state index contributed by atoms with van der Waals surface area (Å²) < 4.78 is 16.6. The smallest absolute Gasteiger partial charge is 0.414 e. The normalized spacial score (nSPS) is 15.8. The molecular weight excluding hydrogens is 443 g/mol. The van der Waals surface area contributed by atoms with Crippen molar-refractivity contribution in [2.45, 2.75) is 32.8 Å². The molecule has 166 valence electrons. The summed E-state index contributed by atoms with van der Waals surface area (Å²) in [5.74, 6) is 1.67. The molecular formula is C22H24Cl2N2O5. The summed E-state index contributed by atoms with van der Waals surface area (Å²) in [6.07, 6.45) is -0.994. The van der Waals surface area contributed by atoms with Crippen molar-refractivity contribution in [3.05, 3.63) is 45.9 Å². The van der Waals surface area contributed by atoms with Gasteiger partial charge in [-0.2, -0.15) is 0 Å². The maximum Gasteiger partial charge on any atom is 0.414 e. The Hall–Kier alpha value is -2.64. The number of nitrogens with zero attached hydrogens (tertiary/aromatic N) is 1. The third kappa shape index (κ3) is 5.35. The number of anilines is 1. The first-order valence-electron chi connectivity index (χ1n) is 9.77. The van der Waals surface area contributed by atoms with Crippen molar-refractivity contribution >= 4 is 40.9 Å². The van der Waals surface area contributed by atoms with Crippen molar-refractivity contribution in [1.29, 1.82) is 0 Å². The number of hydrogen-bond donors (Lipinski definition) is 1. The number of methoxy groups -OCH3 is 1. The zero-order valence-corrected chi connectivity index (χ0v) is 19.2. The SMILES string of the molecule is COc1ccc(Oc2c(Cl)cc(N3CC(CNC(C)=O)OC3=O)cc2Cl)cc1C(C)C. The molecule has 0 bridgehead atoms. The Balaban J connectivity index is 1.81. The summed E-state index contributed by atoms with van der Waals surface area (Å²) >= 11 is 12.9. The molecule has 0 aliphatic carbocycles. The van der Waals surface area contributed by atoms with E-state index in [9.17, 15) is 9.59 Å². The number of carbonyl (C=O) groups excluding carboxylic acids is 2. The Labute approximate surface area is 191 Å². The molecule has 1 N–H and O–H groups in total. The van der Waals surface area contributed by atoms with Crippen molar-refractivity contribution in [3.8, 4) is 17.2 Å². The molecule has 0 saturated carbocycles. The first-order valence-corrected chi connectivity index (χ1v) is 10.5. The van der Waals surface area contributed by atoms with Crippen LogP contribution in [0.5, 0.6) is 17.2 Å². The number of carbonyl (C=O) groups is 2. The van der Waals surface area contributed by atoms with Gasteiger partial charge in [0.1, 0.15) is 17.6 Å². The van der Waals surface area contributed by atoms with Crippen LogP contribution in [0.3, 0.4) is 0 Å². The maximum absolute atomic E-state index is 12.3. The van der Waals surface area contributed by atoms with E-state index in [1.807, 2.05) is 12.1 Å². The highest BCUT2D eigenvalue weighted by molar-refractivity contribution is 6.37. The molecule has 2 amide bonds. The van der Waals surface area contributed by atoms with Gasteiger partial charge in [-0.25, -0.2) is 4.79 Å². The van der Waals surface area contributed by atoms with E-state index < -0.39 is 12.2 Å². The van der Waals surface area contributed by atoms with E-state index >= 15 is 0 Å². The minimum atomic E-state index is -0.534. The Morgan fingerprint density at radius 1 is 1.26 bits per heavy atom. The van der Waals surface area contributed by atoms with Crippen LogP contribution < -0.4 is 19.7 Å². The largest absolute Gasteiger partial charge is 0.496 e. The van der Waals surface area contributed by atoms with Gasteiger partial charge in [0.25, 0.3) is 0 Å². The summed E-state index contributed by atoms with van der Waals surface area (Å²) in [5, 5.41) is 3.14. The Morgan fingerprint density at radius 3 is 2.52 bits per heavy atom. The number of ether oxygens (including phenoxy) is 3. The highest BCUT2D eigenvalue weighted by Gasteiger charge is 2.33. The molecule has 2 aromatic carbocycles. The Morgan fingerprint density at radius 2 is 1.94 bits per heavy atom. The average molecular weight is 467 g/mol. The van der Waals surface area contributed by atoms with Gasteiger partial charge in [0, 0.05) is 12.5 Å². The minimum absolute atomic E-state index is 0.193. The summed E-state index contributed by atoms with van der Waals surface area (Å²) in [4.78, 5) is 24.8. The zero-order chi connectivity index (χ0) is 22.7. The van der Waals surface area contributed by atoms with Crippen molar-refractivity contribution < 1.29 is 23.8 Å². The summed E-state index contributed by atoms with van der Waals surface area (Å²) in [7, 11) is 1.62. The first-order chi connectivity index (χ1) is 14.7. The number of amides is 2. The Kier molecular flexibility index (Phi) is 7.18. The van der Waals surface area contributed by atoms with Crippen LogP contribution in [-0.4, -0.2) is 38.3 Å². The van der Waals surface area contributed by atoms with E-state index in [2.05, 4.69) is 19.2 Å². The van der Waals surface area contributed by atoms with E-state index in [4.69, 9.17) is 37.4 Å². The number of cyclic esters (lactones) is 1. The summed E-state index contributed by atoms with van der Waals surface area (Å²) in [6.45, 7) is 6.02. The average Bonchev–Trinajstić information content (AvgIpc) is 3.09. The van der Waals surface area contributed by atoms with Gasteiger partial charge >= 0.3 is 6.09 Å². The zero-order valence-electron chi connectivity index (χ0n) is 17.7. The molecule has 3 rings (SSSR count). The number of hydrogen-bond acceptors (Lipinski definition) is 5. The van der Waals surface area contributed by atoms with Gasteiger partial charge in [0.2, 0.25) is 5.91 Å². The number of nitrogens with one attached hydrogen (secondary N) is 1. The molecule has 9 heteroatoms. The van der Waals surface area contributed by atoms with Gasteiger partial charge in [0.05, 0.1) is 35.9 Å². The lowest BCUT2D eigenvalue weighted by molar-refractivity contribution is -0.119. The van der Waals surface area contributed by atoms with Crippen molar-refractivity contribution in [2.24, 2.45) is 0 Å². The molecule has 1 heterocycles. The lowest BCUT2D eigenvalue weighted by atomic mass is 10.0. The van der Waals surface area contributed by atoms with Crippen molar-refractivity contribution in [2.75, 3.05) is 25.1 Å². The fourth-order valence-electron chi connectivity index (χ4n) is 3.24. The number of benzene rings is 2. The second-order valence-electron chi connectivity index (χ2n) is 7.45. The van der Waals surface area contributed by atoms with Crippen LogP contribution in [0, 0.1) is 0 Å². The van der Waals surface area contributed by atoms with E-state index in [1.54, 1.807) is 25.3 Å². The topological polar surface area (TPSA) is 77.1 Å². The molecule has 1 aliphatic heterocycles. The van der Waals surface area contributed by atoms with Crippen LogP contribution in [0.25, 0.3) is 0 Å². The lowest BCUT2D eigenvalue weighted by Crippen LogP contribution is -2.33. The van der Waals surface area contributed by atoms with Crippen LogP contribution >= 0.6 is 23.2 Å². The van der Waals surface area contributed by atoms with Crippen LogP contribution in [0.4, 0.5) is 10.5 Å². The molecule has 1 aliphatic rings. The monoisotopic (exact) mass is 466 g/mol. The quantitative estimate of drug-likeness (QED) is 0.592. The second kappa shape index (κ2) is 9.66. The summed E-state index contributed by atoms with van der Waals surface area (Å²) in [6, 6.07) is 8.68. The fourth-order valence-corrected chi connectivity index (χ4v) is 3.79. The molecule has 0 radical (unpaired) electrons. The third-order valence-electron chi connectivity index (χ3n) is 4.79. The van der Waals surface area contributed by atoms with Crippen LogP contribution in [0.2, 0.25) is 10.0 Å². The predicted molar refractivity (Wildman–Crippen MR) is 120 cm³/mol. The standard InChI is InChI=1S/C22H24Cl2N2O5/c1-12(2)17-9-15(5-6-20(17)29-4)30-21-18(23)7-14(8-19(21)24)26-11-16(31-22(26)28)10-25-13(3)27/h5-9,12,16H,10-11H2,1-4H3,(H,25,27). The van der Waals surface area contributed by atoms with Crippen LogP contribution in [0.15, 0.2) is 30.3 Å². The highest BCUT2D eigenvalue weighted by Crippen LogP contribution is 2.41. The predicted octanol–water partition coefficient (Wildman–Crippen LogP) is 5.38. The maximum atomic E-state index is 12.3. The second-order valence-corrected chi connectivity index (χ2v) is 8.27. The first kappa shape index (κ1) is 23.0. The Bertz CT molecular complexity index is 973. The highest BCUT2D eigenvalue weighted by atomic mass is 35.5. The third-order valence-corrected chi connectivity index (χ3v) is 5.35. The van der Waals surface area contributed by atoms with Crippen molar-refractivity contribution in [1.82, 2.24) is 5.32 Å². The van der Waals surface area contributed by atoms with E-state index in [0.717, 1.165) is 11.3 Å². The van der Waals surface area contributed by atoms with Gasteiger partial charge in [-0.1, -0.05) is 37.0 Å². The molecule has 0 aromatic heterocycles. The van der Waals surface area contributed by atoms with Gasteiger partial charge in [-0.05, 0) is 36.2 Å². The van der Waals surface area contributed by atoms with E-state index in [0.29, 0.717) is 11.4 Å². The van der Waals surface area contributed by atoms with Crippen LogP contribution in [0.1, 0.15) is 32.3 Å². The molecule has 2 aromatic rings. The van der Waals surface area contributed by atoms with E-state index in [-0.39, 0.29) is 40.7 Å². The molecule has 7 nitrogen and oxygen atoms in total. The molecule has 1 atom stereocenters. The molecule has 31 heavy (non-hydrogen) atoms. The van der Waals surface area contributed by atoms with Crippen LogP contribution in [-0.2, 0) is 9.53 Å². The number of halogens is 2. The minimum Gasteiger partial charge on any atom is -0.496 e. The van der Waals surface area contributed by atoms with Gasteiger partial charge in [-0.15, -0.1) is 0 Å². The number of rotatable bonds is 7. The molecule has 1 fully saturated rings. The van der Waals surface area contributed by atoms with Crippen molar-refractivity contribution in [3.63, 3.8) is 0 Å². The van der Waals surface area contributed by atoms with Gasteiger partial charge < -0.3 is 19.5 Å². The van der Waals surface area contributed by atoms with Gasteiger partial charge in [-0.3, -0.25) is 9.69 Å². The fraction of sp³-hybridized carbons (Fsp3) is 0.364. The molecule has 1 unspecified atom stereocenters. The lowest BCUT2D eigenvalue weighted by Gasteiger charge is -2.18. The molecule has 1 saturated heterocycles. The van der Waals surface area contributed by atoms with E-state index in [1.165, 1.54) is 11.8 Å². The van der Waals surface area contributed by atoms with Gasteiger partial charge in [0.15, 0.2) is 5.75 Å². The molecule has 0 spiro atoms.